The van der Waals surface area contributed by atoms with Crippen LogP contribution in [0.25, 0.3) is 10.4 Å². The second-order valence-corrected chi connectivity index (χ2v) is 7.19. The van der Waals surface area contributed by atoms with Gasteiger partial charge >= 0.3 is 0 Å². The van der Waals surface area contributed by atoms with Crippen LogP contribution in [0.2, 0.25) is 0 Å². The molecule has 1 N–H and O–H groups in total. The molecule has 0 aliphatic heterocycles. The molecule has 2 saturated carbocycles. The number of nitrogens with zero attached hydrogens (tertiary/aromatic N) is 3. The summed E-state index contributed by atoms with van der Waals surface area (Å²) >= 11 is 0. The summed E-state index contributed by atoms with van der Waals surface area (Å²) in [6.07, 6.45) is 2.85. The fourth-order valence-electron chi connectivity index (χ4n) is 4.59. The number of ketones is 1. The molecule has 5 nitrogen and oxygen atoms in total. The van der Waals surface area contributed by atoms with Crippen molar-refractivity contribution in [1.82, 2.24) is 0 Å². The molecule has 0 aromatic heterocycles. The molecule has 0 spiro atoms. The first-order chi connectivity index (χ1) is 10.0. The van der Waals surface area contributed by atoms with Crippen molar-refractivity contribution in [2.24, 2.45) is 46.5 Å². The summed E-state index contributed by atoms with van der Waals surface area (Å²) in [6.45, 7) is 7.13. The molecule has 0 aromatic rings. The summed E-state index contributed by atoms with van der Waals surface area (Å²) in [7, 11) is 0. The van der Waals surface area contributed by atoms with Crippen molar-refractivity contribution in [2.45, 2.75) is 40.0 Å². The summed E-state index contributed by atoms with van der Waals surface area (Å²) in [6, 6.07) is 0. The van der Waals surface area contributed by atoms with E-state index >= 15 is 0 Å². The molecular weight excluding hydrogens is 266 g/mol. The summed E-state index contributed by atoms with van der Waals surface area (Å²) < 4.78 is 0. The predicted octanol–water partition coefficient (Wildman–Crippen LogP) is 3.43. The van der Waals surface area contributed by atoms with Gasteiger partial charge in [-0.2, -0.15) is 0 Å². The van der Waals surface area contributed by atoms with E-state index in [2.05, 4.69) is 30.8 Å². The van der Waals surface area contributed by atoms with Gasteiger partial charge in [-0.3, -0.25) is 4.79 Å². The van der Waals surface area contributed by atoms with Gasteiger partial charge in [0.15, 0.2) is 0 Å². The minimum absolute atomic E-state index is 0.162. The van der Waals surface area contributed by atoms with Gasteiger partial charge in [0, 0.05) is 29.9 Å². The van der Waals surface area contributed by atoms with Crippen LogP contribution < -0.4 is 0 Å². The van der Waals surface area contributed by atoms with Gasteiger partial charge in [-0.1, -0.05) is 25.9 Å². The van der Waals surface area contributed by atoms with Gasteiger partial charge in [0.2, 0.25) is 0 Å². The zero-order valence-electron chi connectivity index (χ0n) is 13.3. The molecule has 2 rings (SSSR count). The Labute approximate surface area is 126 Å². The molecule has 0 aromatic carbocycles. The third-order valence-corrected chi connectivity index (χ3v) is 6.01. The second kappa shape index (κ2) is 6.80. The highest BCUT2D eigenvalue weighted by molar-refractivity contribution is 5.87. The van der Waals surface area contributed by atoms with Crippen molar-refractivity contribution in [2.75, 3.05) is 13.2 Å². The van der Waals surface area contributed by atoms with Crippen LogP contribution in [0.3, 0.4) is 0 Å². The van der Waals surface area contributed by atoms with Crippen LogP contribution in [0, 0.1) is 41.4 Å². The third kappa shape index (κ3) is 3.09. The number of hydrogen-bond donors (Lipinski definition) is 1. The number of carbonyl (C=O) groups is 1. The molecule has 2 fully saturated rings. The van der Waals surface area contributed by atoms with E-state index in [1.165, 1.54) is 0 Å². The van der Waals surface area contributed by atoms with Gasteiger partial charge in [0.05, 0.1) is 0 Å². The van der Waals surface area contributed by atoms with E-state index in [9.17, 15) is 9.90 Å². The van der Waals surface area contributed by atoms with E-state index in [-0.39, 0.29) is 18.4 Å². The van der Waals surface area contributed by atoms with Crippen LogP contribution in [0.15, 0.2) is 5.11 Å². The van der Waals surface area contributed by atoms with Crippen LogP contribution >= 0.6 is 0 Å². The molecule has 0 saturated heterocycles. The zero-order chi connectivity index (χ0) is 15.6. The van der Waals surface area contributed by atoms with Crippen LogP contribution in [0.4, 0.5) is 0 Å². The van der Waals surface area contributed by atoms with Crippen molar-refractivity contribution in [3.63, 3.8) is 0 Å². The number of carbonyl (C=O) groups excluding carboxylic acids is 1. The lowest BCUT2D eigenvalue weighted by Gasteiger charge is -2.21. The molecule has 118 valence electrons. The van der Waals surface area contributed by atoms with Crippen molar-refractivity contribution in [3.8, 4) is 0 Å². The van der Waals surface area contributed by atoms with E-state index in [0.29, 0.717) is 41.9 Å². The van der Waals surface area contributed by atoms with Gasteiger partial charge in [-0.15, -0.1) is 0 Å². The molecule has 0 bridgehead atoms. The lowest BCUT2D eigenvalue weighted by molar-refractivity contribution is -0.125. The molecule has 0 unspecified atom stereocenters. The van der Waals surface area contributed by atoms with Crippen LogP contribution in [-0.2, 0) is 4.79 Å². The Morgan fingerprint density at radius 1 is 1.43 bits per heavy atom. The lowest BCUT2D eigenvalue weighted by atomic mass is 9.83. The number of hydrogen-bond acceptors (Lipinski definition) is 3. The first-order valence-electron chi connectivity index (χ1n) is 8.16. The number of azide groups is 1. The van der Waals surface area contributed by atoms with Crippen molar-refractivity contribution < 1.29 is 9.90 Å². The maximum Gasteiger partial charge on any atom is 0.139 e. The number of aliphatic hydroxyl groups excluding tert-OH is 1. The largest absolute Gasteiger partial charge is 0.396 e. The highest BCUT2D eigenvalue weighted by Gasteiger charge is 2.54. The summed E-state index contributed by atoms with van der Waals surface area (Å²) in [4.78, 5) is 15.5. The van der Waals surface area contributed by atoms with E-state index in [4.69, 9.17) is 5.53 Å². The molecule has 7 atom stereocenters. The van der Waals surface area contributed by atoms with E-state index in [1.807, 2.05) is 0 Å². The van der Waals surface area contributed by atoms with Gasteiger partial charge in [0.25, 0.3) is 0 Å². The molecule has 2 aliphatic carbocycles. The number of fused-ring (bicyclic) bond motifs is 1. The van der Waals surface area contributed by atoms with E-state index < -0.39 is 0 Å². The minimum Gasteiger partial charge on any atom is -0.396 e. The Morgan fingerprint density at radius 3 is 2.71 bits per heavy atom. The van der Waals surface area contributed by atoms with Crippen molar-refractivity contribution >= 4 is 5.78 Å². The van der Waals surface area contributed by atoms with Gasteiger partial charge in [-0.25, -0.2) is 0 Å². The van der Waals surface area contributed by atoms with E-state index in [1.54, 1.807) is 0 Å². The highest BCUT2D eigenvalue weighted by Crippen LogP contribution is 2.54. The Bertz CT molecular complexity index is 433. The molecular formula is C16H27N3O2. The SMILES string of the molecule is C[C@@H](CC[C@H]1C(=O)[C@H]2[C@H](C)[C@@H](CO)C[C@H]2[C@@H]1C)CN=[N+]=[N-]. The highest BCUT2D eigenvalue weighted by atomic mass is 16.3. The zero-order valence-corrected chi connectivity index (χ0v) is 13.3. The smallest absolute Gasteiger partial charge is 0.139 e. The standard InChI is InChI=1S/C16H27N3O2/c1-9(7-18-19-17)4-5-13-11(3)14-6-12(8-20)10(2)15(14)16(13)21/h9-15,20H,4-8H2,1-3H3/t9-,10+,11+,12+,13+,14-,15-/m0/s1. The molecule has 21 heavy (non-hydrogen) atoms. The summed E-state index contributed by atoms with van der Waals surface area (Å²) in [5.74, 6) is 2.59. The number of aliphatic hydroxyl groups is 1. The first kappa shape index (κ1) is 16.3. The maximum absolute atomic E-state index is 12.7. The number of rotatable bonds is 6. The topological polar surface area (TPSA) is 86.1 Å². The molecule has 2 aliphatic rings. The summed E-state index contributed by atoms with van der Waals surface area (Å²) in [5, 5.41) is 13.1. The van der Waals surface area contributed by atoms with Crippen molar-refractivity contribution in [3.05, 3.63) is 10.4 Å². The molecule has 0 heterocycles. The second-order valence-electron chi connectivity index (χ2n) is 7.19. The normalized spacial score (nSPS) is 39.9. The third-order valence-electron chi connectivity index (χ3n) is 6.01. The fraction of sp³-hybridized carbons (Fsp3) is 0.938. The monoisotopic (exact) mass is 293 g/mol. The predicted molar refractivity (Wildman–Crippen MR) is 81.4 cm³/mol. The van der Waals surface area contributed by atoms with Crippen LogP contribution in [0.5, 0.6) is 0 Å². The summed E-state index contributed by atoms with van der Waals surface area (Å²) in [5.41, 5.74) is 8.35. The fourth-order valence-corrected chi connectivity index (χ4v) is 4.59. The Balaban J connectivity index is 1.95. The van der Waals surface area contributed by atoms with Gasteiger partial charge in [0.1, 0.15) is 5.78 Å². The van der Waals surface area contributed by atoms with Crippen molar-refractivity contribution in [1.29, 1.82) is 0 Å². The molecule has 0 amide bonds. The Morgan fingerprint density at radius 2 is 2.14 bits per heavy atom. The Kier molecular flexibility index (Phi) is 5.28. The first-order valence-corrected chi connectivity index (χ1v) is 8.16. The Hall–Kier alpha value is -1.06. The minimum atomic E-state index is 0.162. The maximum atomic E-state index is 12.7. The average molecular weight is 293 g/mol. The van der Waals surface area contributed by atoms with Gasteiger partial charge in [-0.05, 0) is 54.4 Å². The van der Waals surface area contributed by atoms with Crippen LogP contribution in [-0.4, -0.2) is 24.0 Å². The number of Topliss-reactive ketones (excluding diaryl/α,β-unsaturated/α-hetero) is 1. The molecule has 5 heteroatoms. The molecule has 0 radical (unpaired) electrons. The quantitative estimate of drug-likeness (QED) is 0.462. The van der Waals surface area contributed by atoms with E-state index in [0.717, 1.165) is 19.3 Å². The van der Waals surface area contributed by atoms with Gasteiger partial charge < -0.3 is 5.11 Å². The van der Waals surface area contributed by atoms with Crippen LogP contribution in [0.1, 0.15) is 40.0 Å². The average Bonchev–Trinajstić information content (AvgIpc) is 2.92. The lowest BCUT2D eigenvalue weighted by Crippen LogP contribution is -2.24.